The lowest BCUT2D eigenvalue weighted by Gasteiger charge is -2.15. The Morgan fingerprint density at radius 2 is 1.77 bits per heavy atom. The van der Waals surface area contributed by atoms with Crippen LogP contribution in [0.2, 0.25) is 0 Å². The summed E-state index contributed by atoms with van der Waals surface area (Å²) in [6.45, 7) is 1.97. The van der Waals surface area contributed by atoms with Crippen LogP contribution in [0.4, 0.5) is 11.4 Å². The number of anilines is 2. The number of benzene rings is 3. The number of thioether (sulfide) groups is 1. The van der Waals surface area contributed by atoms with Crippen molar-refractivity contribution in [3.63, 3.8) is 0 Å². The summed E-state index contributed by atoms with van der Waals surface area (Å²) >= 11 is 1.19. The van der Waals surface area contributed by atoms with Crippen LogP contribution in [0.3, 0.4) is 0 Å². The summed E-state index contributed by atoms with van der Waals surface area (Å²) in [5.74, 6) is -0.445. The molecule has 0 spiro atoms. The van der Waals surface area contributed by atoms with Gasteiger partial charge < -0.3 is 10.4 Å². The van der Waals surface area contributed by atoms with E-state index in [1.165, 1.54) is 35.0 Å². The second kappa shape index (κ2) is 11.3. The van der Waals surface area contributed by atoms with Crippen LogP contribution < -0.4 is 10.2 Å². The number of nitrogens with one attached hydrogen (secondary N) is 1. The Kier molecular flexibility index (Phi) is 7.74. The number of phenolic OH excluding ortho intramolecular Hbond substituents is 1. The summed E-state index contributed by atoms with van der Waals surface area (Å²) in [6, 6.07) is 23.5. The highest BCUT2D eigenvalue weighted by molar-refractivity contribution is 8.16. The second-order valence-electron chi connectivity index (χ2n) is 7.83. The second-order valence-corrected chi connectivity index (χ2v) is 9.00. The molecule has 1 aliphatic heterocycles. The number of phenols is 1. The zero-order valence-electron chi connectivity index (χ0n) is 19.0. The van der Waals surface area contributed by atoms with E-state index >= 15 is 0 Å². The van der Waals surface area contributed by atoms with E-state index in [-0.39, 0.29) is 24.0 Å². The predicted octanol–water partition coefficient (Wildman–Crippen LogP) is 5.23. The van der Waals surface area contributed by atoms with E-state index < -0.39 is 5.25 Å². The van der Waals surface area contributed by atoms with Crippen molar-refractivity contribution in [3.8, 4) is 5.75 Å². The first-order chi connectivity index (χ1) is 17.0. The number of aryl methyl sites for hydroxylation is 1. The number of amides is 2. The van der Waals surface area contributed by atoms with Gasteiger partial charge in [-0.3, -0.25) is 14.5 Å². The molecule has 1 aliphatic rings. The molecule has 0 aromatic heterocycles. The average Bonchev–Trinajstić information content (AvgIpc) is 3.16. The predicted molar refractivity (Wildman–Crippen MR) is 143 cm³/mol. The third kappa shape index (κ3) is 6.45. The van der Waals surface area contributed by atoms with Gasteiger partial charge in [-0.2, -0.15) is 5.10 Å². The molecule has 1 heterocycles. The smallest absolute Gasteiger partial charge is 0.247 e. The summed E-state index contributed by atoms with van der Waals surface area (Å²) < 4.78 is 0. The molecule has 2 N–H and O–H groups in total. The maximum absolute atomic E-state index is 13.2. The third-order valence-electron chi connectivity index (χ3n) is 5.13. The molecule has 3 aromatic carbocycles. The molecule has 0 radical (unpaired) electrons. The van der Waals surface area contributed by atoms with Crippen LogP contribution >= 0.6 is 11.8 Å². The summed E-state index contributed by atoms with van der Waals surface area (Å²) in [7, 11) is 0. The summed E-state index contributed by atoms with van der Waals surface area (Å²) in [6.07, 6.45) is 5.19. The van der Waals surface area contributed by atoms with Crippen LogP contribution in [-0.2, 0) is 9.59 Å². The summed E-state index contributed by atoms with van der Waals surface area (Å²) in [4.78, 5) is 27.3. The van der Waals surface area contributed by atoms with Gasteiger partial charge in [0.1, 0.15) is 11.0 Å². The molecule has 4 rings (SSSR count). The van der Waals surface area contributed by atoms with Gasteiger partial charge in [0, 0.05) is 18.3 Å². The van der Waals surface area contributed by atoms with Gasteiger partial charge in [0.25, 0.3) is 0 Å². The molecule has 0 saturated carbocycles. The van der Waals surface area contributed by atoms with Crippen molar-refractivity contribution in [1.29, 1.82) is 0 Å². The van der Waals surface area contributed by atoms with Crippen LogP contribution in [0.25, 0.3) is 6.08 Å². The number of hydrogen-bond donors (Lipinski definition) is 2. The molecule has 7 nitrogen and oxygen atoms in total. The molecular formula is C27H24N4O3S. The Balaban J connectivity index is 1.49. The van der Waals surface area contributed by atoms with Crippen molar-refractivity contribution >= 4 is 52.4 Å². The maximum Gasteiger partial charge on any atom is 0.247 e. The van der Waals surface area contributed by atoms with Gasteiger partial charge in [-0.25, -0.2) is 0 Å². The minimum atomic E-state index is -0.650. The van der Waals surface area contributed by atoms with Gasteiger partial charge in [-0.15, -0.1) is 5.10 Å². The summed E-state index contributed by atoms with van der Waals surface area (Å²) in [5.41, 5.74) is 3.34. The minimum absolute atomic E-state index is 0.0113. The van der Waals surface area contributed by atoms with Gasteiger partial charge in [-0.05, 0) is 55.0 Å². The molecule has 35 heavy (non-hydrogen) atoms. The third-order valence-corrected chi connectivity index (χ3v) is 6.26. The Labute approximate surface area is 207 Å². The van der Waals surface area contributed by atoms with E-state index in [2.05, 4.69) is 15.5 Å². The molecule has 1 fully saturated rings. The Bertz CT molecular complexity index is 1270. The SMILES string of the molecule is Cc1ccc(NC(=O)C[C@H]2S\C(=N/N=C\C=C\c3ccccc3)N(c3ccc(O)cc3)C2=O)cc1. The van der Waals surface area contributed by atoms with Crippen LogP contribution in [-0.4, -0.2) is 33.6 Å². The fraction of sp³-hybridized carbons (Fsp3) is 0.111. The molecule has 8 heteroatoms. The van der Waals surface area contributed by atoms with E-state index in [1.54, 1.807) is 18.2 Å². The number of carbonyl (C=O) groups is 2. The van der Waals surface area contributed by atoms with Crippen molar-refractivity contribution in [1.82, 2.24) is 0 Å². The molecule has 1 saturated heterocycles. The van der Waals surface area contributed by atoms with Gasteiger partial charge in [0.05, 0.1) is 5.69 Å². The molecule has 0 aliphatic carbocycles. The largest absolute Gasteiger partial charge is 0.508 e. The van der Waals surface area contributed by atoms with Gasteiger partial charge in [0.2, 0.25) is 11.8 Å². The molecule has 0 unspecified atom stereocenters. The number of rotatable bonds is 7. The van der Waals surface area contributed by atoms with E-state index in [9.17, 15) is 14.7 Å². The molecule has 3 aromatic rings. The number of allylic oxidation sites excluding steroid dienone is 1. The Morgan fingerprint density at radius 1 is 1.06 bits per heavy atom. The number of hydrogen-bond acceptors (Lipinski definition) is 6. The number of amidine groups is 1. The highest BCUT2D eigenvalue weighted by Crippen LogP contribution is 2.34. The zero-order chi connectivity index (χ0) is 24.6. The van der Waals surface area contributed by atoms with Crippen molar-refractivity contribution in [2.45, 2.75) is 18.6 Å². The van der Waals surface area contributed by atoms with Crippen molar-refractivity contribution in [2.75, 3.05) is 10.2 Å². The van der Waals surface area contributed by atoms with Crippen molar-refractivity contribution < 1.29 is 14.7 Å². The highest BCUT2D eigenvalue weighted by Gasteiger charge is 2.40. The van der Waals surface area contributed by atoms with E-state index in [0.29, 0.717) is 16.5 Å². The quantitative estimate of drug-likeness (QED) is 0.355. The fourth-order valence-electron chi connectivity index (χ4n) is 3.36. The highest BCUT2D eigenvalue weighted by atomic mass is 32.2. The first-order valence-corrected chi connectivity index (χ1v) is 11.9. The lowest BCUT2D eigenvalue weighted by atomic mass is 10.2. The van der Waals surface area contributed by atoms with Gasteiger partial charge in [-0.1, -0.05) is 65.9 Å². The van der Waals surface area contributed by atoms with Gasteiger partial charge in [0.15, 0.2) is 5.17 Å². The monoisotopic (exact) mass is 484 g/mol. The van der Waals surface area contributed by atoms with Gasteiger partial charge >= 0.3 is 0 Å². The van der Waals surface area contributed by atoms with E-state index in [0.717, 1.165) is 11.1 Å². The number of nitrogens with zero attached hydrogens (tertiary/aromatic N) is 3. The van der Waals surface area contributed by atoms with Crippen LogP contribution in [0.5, 0.6) is 5.75 Å². The van der Waals surface area contributed by atoms with E-state index in [1.807, 2.05) is 67.6 Å². The summed E-state index contributed by atoms with van der Waals surface area (Å²) in [5, 5.41) is 20.5. The first kappa shape index (κ1) is 24.0. The van der Waals surface area contributed by atoms with Crippen LogP contribution in [0.1, 0.15) is 17.5 Å². The van der Waals surface area contributed by atoms with Crippen LogP contribution in [0, 0.1) is 6.92 Å². The lowest BCUT2D eigenvalue weighted by Crippen LogP contribution is -2.33. The number of aromatic hydroxyl groups is 1. The van der Waals surface area contributed by atoms with Crippen molar-refractivity contribution in [2.24, 2.45) is 10.2 Å². The molecule has 0 bridgehead atoms. The lowest BCUT2D eigenvalue weighted by molar-refractivity contribution is -0.121. The Hall–Kier alpha value is -4.17. The maximum atomic E-state index is 13.2. The zero-order valence-corrected chi connectivity index (χ0v) is 19.9. The normalized spacial score (nSPS) is 17.1. The van der Waals surface area contributed by atoms with E-state index in [4.69, 9.17) is 0 Å². The fourth-order valence-corrected chi connectivity index (χ4v) is 4.45. The molecule has 176 valence electrons. The van der Waals surface area contributed by atoms with Crippen molar-refractivity contribution in [3.05, 3.63) is 96.1 Å². The average molecular weight is 485 g/mol. The first-order valence-electron chi connectivity index (χ1n) is 11.0. The van der Waals surface area contributed by atoms with Crippen LogP contribution in [0.15, 0.2) is 95.1 Å². The molecular weight excluding hydrogens is 460 g/mol. The molecule has 1 atom stereocenters. The Morgan fingerprint density at radius 3 is 2.49 bits per heavy atom. The topological polar surface area (TPSA) is 94.4 Å². The standard InChI is InChI=1S/C27H24N4O3S/c1-19-9-11-21(12-10-19)29-25(33)18-24-26(34)31(22-13-15-23(32)16-14-22)27(35-24)30-28-17-5-8-20-6-3-2-4-7-20/h2-17,24,32H,18H2,1H3,(H,29,33)/b8-5+,28-17-,30-27-/t24-/m1/s1. The minimum Gasteiger partial charge on any atom is -0.508 e. The number of carbonyl (C=O) groups excluding carboxylic acids is 2. The molecule has 2 amide bonds.